The largest absolute Gasteiger partial charge is 0.358 e. The second-order valence-electron chi connectivity index (χ2n) is 6.87. The van der Waals surface area contributed by atoms with E-state index in [-0.39, 0.29) is 0 Å². The average molecular weight is 337 g/mol. The van der Waals surface area contributed by atoms with Crippen LogP contribution >= 0.6 is 12.2 Å². The molecule has 2 saturated carbocycles. The molecule has 2 fully saturated rings. The first kappa shape index (κ1) is 15.5. The van der Waals surface area contributed by atoms with Crippen molar-refractivity contribution < 1.29 is 0 Å². The van der Waals surface area contributed by atoms with E-state index < -0.39 is 0 Å². The summed E-state index contributed by atoms with van der Waals surface area (Å²) in [5, 5.41) is 6.31. The van der Waals surface area contributed by atoms with Gasteiger partial charge in [0.1, 0.15) is 0 Å². The molecule has 2 aromatic rings. The van der Waals surface area contributed by atoms with Crippen molar-refractivity contribution in [2.75, 3.05) is 5.01 Å². The van der Waals surface area contributed by atoms with Crippen molar-refractivity contribution in [3.8, 4) is 0 Å². The molecule has 0 heterocycles. The van der Waals surface area contributed by atoms with Crippen LogP contribution < -0.4 is 15.8 Å². The summed E-state index contributed by atoms with van der Waals surface area (Å²) >= 11 is 5.62. The molecule has 4 heteroatoms. The molecule has 0 unspecified atom stereocenters. The van der Waals surface area contributed by atoms with Crippen LogP contribution in [-0.4, -0.2) is 11.2 Å². The van der Waals surface area contributed by atoms with Crippen LogP contribution in [0, 0.1) is 11.8 Å². The van der Waals surface area contributed by atoms with Gasteiger partial charge in [-0.3, -0.25) is 10.4 Å². The zero-order valence-corrected chi connectivity index (χ0v) is 14.5. The summed E-state index contributed by atoms with van der Waals surface area (Å²) in [5.74, 6) is 1.71. The van der Waals surface area contributed by atoms with Crippen LogP contribution in [0.2, 0.25) is 0 Å². The Kier molecular flexibility index (Phi) is 4.39. The maximum Gasteiger partial charge on any atom is 0.185 e. The minimum atomic E-state index is 0.539. The van der Waals surface area contributed by atoms with E-state index in [1.54, 1.807) is 0 Å². The van der Waals surface area contributed by atoms with Crippen LogP contribution in [0.5, 0.6) is 0 Å². The topological polar surface area (TPSA) is 27.3 Å². The summed E-state index contributed by atoms with van der Waals surface area (Å²) in [6.07, 6.45) is 5.40. The first-order chi connectivity index (χ1) is 11.8. The lowest BCUT2D eigenvalue weighted by Gasteiger charge is -2.30. The lowest BCUT2D eigenvalue weighted by atomic mass is 9.96. The summed E-state index contributed by atoms with van der Waals surface area (Å²) < 4.78 is 0. The van der Waals surface area contributed by atoms with Gasteiger partial charge in [-0.25, -0.2) is 0 Å². The van der Waals surface area contributed by atoms with Gasteiger partial charge >= 0.3 is 0 Å². The van der Waals surface area contributed by atoms with Gasteiger partial charge in [-0.1, -0.05) is 42.8 Å². The molecule has 3 atom stereocenters. The Balaban J connectivity index is 1.48. The molecule has 0 saturated heterocycles. The van der Waals surface area contributed by atoms with E-state index >= 15 is 0 Å². The van der Waals surface area contributed by atoms with Gasteiger partial charge in [0.2, 0.25) is 0 Å². The molecule has 2 bridgehead atoms. The first-order valence-corrected chi connectivity index (χ1v) is 9.18. The van der Waals surface area contributed by atoms with Crippen molar-refractivity contribution in [2.45, 2.75) is 31.7 Å². The van der Waals surface area contributed by atoms with E-state index in [0.29, 0.717) is 11.2 Å². The van der Waals surface area contributed by atoms with Crippen molar-refractivity contribution in [1.29, 1.82) is 0 Å². The highest BCUT2D eigenvalue weighted by molar-refractivity contribution is 7.80. The van der Waals surface area contributed by atoms with Gasteiger partial charge in [0.15, 0.2) is 5.11 Å². The van der Waals surface area contributed by atoms with E-state index in [4.69, 9.17) is 12.2 Å². The number of hydrazine groups is 1. The predicted octanol–water partition coefficient (Wildman–Crippen LogP) is 4.39. The highest BCUT2D eigenvalue weighted by Gasteiger charge is 2.39. The van der Waals surface area contributed by atoms with Crippen molar-refractivity contribution in [3.05, 3.63) is 60.7 Å². The minimum Gasteiger partial charge on any atom is -0.358 e. The Hall–Kier alpha value is -2.07. The molecule has 124 valence electrons. The fraction of sp³-hybridized carbons (Fsp3) is 0.350. The maximum absolute atomic E-state index is 5.62. The third-order valence-corrected chi connectivity index (χ3v) is 5.51. The van der Waals surface area contributed by atoms with E-state index in [2.05, 4.69) is 35.0 Å². The van der Waals surface area contributed by atoms with Gasteiger partial charge in [0, 0.05) is 6.04 Å². The number of para-hydroxylation sites is 2. The molecule has 0 spiro atoms. The third kappa shape index (κ3) is 3.24. The van der Waals surface area contributed by atoms with Crippen LogP contribution in [0.25, 0.3) is 0 Å². The van der Waals surface area contributed by atoms with Gasteiger partial charge in [-0.15, -0.1) is 0 Å². The number of thiocarbonyl (C=S) groups is 1. The Bertz CT molecular complexity index is 649. The zero-order chi connectivity index (χ0) is 16.4. The highest BCUT2D eigenvalue weighted by Crippen LogP contribution is 2.44. The lowest BCUT2D eigenvalue weighted by Crippen LogP contribution is -2.49. The fourth-order valence-corrected chi connectivity index (χ4v) is 4.40. The highest BCUT2D eigenvalue weighted by atomic mass is 32.1. The third-order valence-electron chi connectivity index (χ3n) is 5.30. The molecule has 0 aliphatic heterocycles. The molecular weight excluding hydrogens is 314 g/mol. The monoisotopic (exact) mass is 337 g/mol. The number of hydrogen-bond donors (Lipinski definition) is 2. The quantitative estimate of drug-likeness (QED) is 0.639. The van der Waals surface area contributed by atoms with Crippen molar-refractivity contribution in [3.63, 3.8) is 0 Å². The second-order valence-corrected chi connectivity index (χ2v) is 7.28. The first-order valence-electron chi connectivity index (χ1n) is 8.77. The summed E-state index contributed by atoms with van der Waals surface area (Å²) in [4.78, 5) is 0. The molecule has 3 nitrogen and oxygen atoms in total. The molecule has 0 radical (unpaired) electrons. The van der Waals surface area contributed by atoms with E-state index in [9.17, 15) is 0 Å². The van der Waals surface area contributed by atoms with Gasteiger partial charge in [-0.05, 0) is 67.6 Å². The number of nitrogens with one attached hydrogen (secondary N) is 2. The van der Waals surface area contributed by atoms with Crippen LogP contribution in [0.4, 0.5) is 11.4 Å². The van der Waals surface area contributed by atoms with Gasteiger partial charge < -0.3 is 5.32 Å². The molecule has 4 rings (SSSR count). The van der Waals surface area contributed by atoms with Crippen molar-refractivity contribution in [2.24, 2.45) is 11.8 Å². The van der Waals surface area contributed by atoms with Gasteiger partial charge in [-0.2, -0.15) is 0 Å². The van der Waals surface area contributed by atoms with E-state index in [1.165, 1.54) is 25.7 Å². The predicted molar refractivity (Wildman–Crippen MR) is 103 cm³/mol. The second kappa shape index (κ2) is 6.81. The van der Waals surface area contributed by atoms with Crippen molar-refractivity contribution >= 4 is 28.7 Å². The van der Waals surface area contributed by atoms with E-state index in [1.807, 2.05) is 41.4 Å². The molecule has 2 aliphatic carbocycles. The summed E-state index contributed by atoms with van der Waals surface area (Å²) in [6, 6.07) is 21.1. The van der Waals surface area contributed by atoms with Crippen LogP contribution in [0.15, 0.2) is 60.7 Å². The van der Waals surface area contributed by atoms with Gasteiger partial charge in [0.05, 0.1) is 11.4 Å². The molecule has 0 amide bonds. The van der Waals surface area contributed by atoms with Crippen LogP contribution in [0.3, 0.4) is 0 Å². The normalized spacial score (nSPS) is 24.6. The Morgan fingerprint density at radius 1 is 0.875 bits per heavy atom. The number of anilines is 2. The smallest absolute Gasteiger partial charge is 0.185 e. The summed E-state index contributed by atoms with van der Waals surface area (Å²) in [7, 11) is 0. The average Bonchev–Trinajstić information content (AvgIpc) is 3.24. The number of hydrogen-bond acceptors (Lipinski definition) is 2. The Morgan fingerprint density at radius 3 is 2.00 bits per heavy atom. The Morgan fingerprint density at radius 2 is 1.50 bits per heavy atom. The van der Waals surface area contributed by atoms with E-state index in [0.717, 1.165) is 23.2 Å². The number of rotatable bonds is 4. The molecule has 24 heavy (non-hydrogen) atoms. The number of fused-ring (bicyclic) bond motifs is 2. The zero-order valence-electron chi connectivity index (χ0n) is 13.7. The Labute approximate surface area is 149 Å². The van der Waals surface area contributed by atoms with Crippen molar-refractivity contribution in [1.82, 2.24) is 10.7 Å². The van der Waals surface area contributed by atoms with Crippen LogP contribution in [0.1, 0.15) is 25.7 Å². The summed E-state index contributed by atoms with van der Waals surface area (Å²) in [5.41, 5.74) is 5.53. The molecule has 2 aromatic carbocycles. The molecule has 0 aromatic heterocycles. The minimum absolute atomic E-state index is 0.539. The molecule has 2 N–H and O–H groups in total. The van der Waals surface area contributed by atoms with Crippen LogP contribution in [-0.2, 0) is 0 Å². The number of nitrogens with zero attached hydrogens (tertiary/aromatic N) is 1. The fourth-order valence-electron chi connectivity index (χ4n) is 4.16. The summed E-state index contributed by atoms with van der Waals surface area (Å²) in [6.45, 7) is 0. The molecular formula is C20H23N3S. The van der Waals surface area contributed by atoms with Gasteiger partial charge in [0.25, 0.3) is 0 Å². The standard InChI is InChI=1S/C20H23N3S/c24-20(21-19-14-15-11-12-16(19)13-15)22-23(17-7-3-1-4-8-17)18-9-5-2-6-10-18/h1-10,15-16,19H,11-14H2,(H2,21,22,24)/t15-,16-,19+/m0/s1. The molecule has 2 aliphatic rings. The lowest BCUT2D eigenvalue weighted by molar-refractivity contribution is 0.389. The number of benzene rings is 2. The SMILES string of the molecule is S=C(N[C@@H]1C[C@H]2CC[C@H]1C2)NN(c1ccccc1)c1ccccc1. The maximum atomic E-state index is 5.62.